The van der Waals surface area contributed by atoms with Crippen LogP contribution < -0.4 is 0 Å². The molecule has 0 spiro atoms. The summed E-state index contributed by atoms with van der Waals surface area (Å²) in [6, 6.07) is 28.6. The number of hydrogen-bond donors (Lipinski definition) is 0. The predicted molar refractivity (Wildman–Crippen MR) is 126 cm³/mol. The third kappa shape index (κ3) is 4.15. The Hall–Kier alpha value is -3.65. The van der Waals surface area contributed by atoms with E-state index in [2.05, 4.69) is 48.6 Å². The zero-order chi connectivity index (χ0) is 21.0. The minimum Gasteiger partial charge on any atom is -0.469 e. The van der Waals surface area contributed by atoms with E-state index in [0.29, 0.717) is 6.42 Å². The van der Waals surface area contributed by atoms with Gasteiger partial charge in [0.2, 0.25) is 0 Å². The van der Waals surface area contributed by atoms with E-state index < -0.39 is 0 Å². The van der Waals surface area contributed by atoms with Gasteiger partial charge < -0.3 is 4.42 Å². The lowest BCUT2D eigenvalue weighted by Crippen LogP contribution is -2.09. The summed E-state index contributed by atoms with van der Waals surface area (Å²) in [5, 5.41) is 2.27. The molecule has 4 aromatic rings. The first-order valence-corrected chi connectivity index (χ1v) is 10.8. The molecule has 0 N–H and O–H groups in total. The molecule has 2 heteroatoms. The molecule has 0 radical (unpaired) electrons. The number of hydrogen-bond acceptors (Lipinski definition) is 2. The molecule has 152 valence electrons. The smallest absolute Gasteiger partial charge is 0.163 e. The standard InChI is InChI=1S/C29H24O2/c30-29(25-13-12-21-7-4-5-10-24(21)19-25)17-15-23-14-16-27(22-8-2-1-3-9-22)28(23)20-26-11-6-18-31-26/h1-14,16,18-19,28H,15,17,20H2. The summed E-state index contributed by atoms with van der Waals surface area (Å²) in [5.41, 5.74) is 4.61. The molecule has 1 aliphatic rings. The van der Waals surface area contributed by atoms with Crippen LogP contribution in [0.5, 0.6) is 0 Å². The Labute approximate surface area is 182 Å². The number of fused-ring (bicyclic) bond motifs is 1. The number of allylic oxidation sites excluding steroid dienone is 4. The van der Waals surface area contributed by atoms with Crippen molar-refractivity contribution in [3.8, 4) is 0 Å². The van der Waals surface area contributed by atoms with Gasteiger partial charge in [0.1, 0.15) is 5.76 Å². The lowest BCUT2D eigenvalue weighted by atomic mass is 9.85. The Morgan fingerprint density at radius 3 is 2.42 bits per heavy atom. The highest BCUT2D eigenvalue weighted by molar-refractivity contribution is 6.00. The molecular weight excluding hydrogens is 380 g/mol. The first-order valence-electron chi connectivity index (χ1n) is 10.8. The fourth-order valence-corrected chi connectivity index (χ4v) is 4.45. The lowest BCUT2D eigenvalue weighted by Gasteiger charge is -2.19. The second-order valence-corrected chi connectivity index (χ2v) is 8.05. The average molecular weight is 405 g/mol. The molecule has 0 saturated carbocycles. The van der Waals surface area contributed by atoms with Gasteiger partial charge in [-0.3, -0.25) is 4.79 Å². The van der Waals surface area contributed by atoms with Gasteiger partial charge in [0, 0.05) is 24.3 Å². The topological polar surface area (TPSA) is 30.2 Å². The fourth-order valence-electron chi connectivity index (χ4n) is 4.45. The van der Waals surface area contributed by atoms with E-state index in [1.54, 1.807) is 6.26 Å². The van der Waals surface area contributed by atoms with Crippen molar-refractivity contribution in [2.75, 3.05) is 0 Å². The highest BCUT2D eigenvalue weighted by atomic mass is 16.3. The van der Waals surface area contributed by atoms with Crippen molar-refractivity contribution >= 4 is 22.1 Å². The molecule has 5 rings (SSSR count). The summed E-state index contributed by atoms with van der Waals surface area (Å²) in [4.78, 5) is 13.0. The molecule has 0 bridgehead atoms. The van der Waals surface area contributed by atoms with E-state index >= 15 is 0 Å². The van der Waals surface area contributed by atoms with Gasteiger partial charge in [0.15, 0.2) is 5.78 Å². The molecule has 1 atom stereocenters. The Morgan fingerprint density at radius 1 is 0.806 bits per heavy atom. The van der Waals surface area contributed by atoms with Gasteiger partial charge in [-0.25, -0.2) is 0 Å². The van der Waals surface area contributed by atoms with E-state index in [9.17, 15) is 4.79 Å². The summed E-state index contributed by atoms with van der Waals surface area (Å²) in [6.07, 6.45) is 8.20. The van der Waals surface area contributed by atoms with Crippen LogP contribution in [0.3, 0.4) is 0 Å². The van der Waals surface area contributed by atoms with Crippen LogP contribution in [0.25, 0.3) is 16.3 Å². The maximum atomic E-state index is 13.0. The molecule has 1 aromatic heterocycles. The monoisotopic (exact) mass is 404 g/mol. The van der Waals surface area contributed by atoms with Gasteiger partial charge in [-0.05, 0) is 46.5 Å². The van der Waals surface area contributed by atoms with Crippen molar-refractivity contribution in [1.82, 2.24) is 0 Å². The lowest BCUT2D eigenvalue weighted by molar-refractivity contribution is 0.0982. The van der Waals surface area contributed by atoms with Crippen molar-refractivity contribution in [3.05, 3.63) is 126 Å². The summed E-state index contributed by atoms with van der Waals surface area (Å²) < 4.78 is 5.64. The van der Waals surface area contributed by atoms with Gasteiger partial charge in [-0.15, -0.1) is 0 Å². The summed E-state index contributed by atoms with van der Waals surface area (Å²) in [5.74, 6) is 1.40. The fraction of sp³-hybridized carbons (Fsp3) is 0.138. The third-order valence-electron chi connectivity index (χ3n) is 6.10. The predicted octanol–water partition coefficient (Wildman–Crippen LogP) is 7.28. The van der Waals surface area contributed by atoms with Crippen LogP contribution in [0.2, 0.25) is 0 Å². The second-order valence-electron chi connectivity index (χ2n) is 8.05. The zero-order valence-corrected chi connectivity index (χ0v) is 17.3. The minimum absolute atomic E-state index is 0.191. The van der Waals surface area contributed by atoms with Crippen LogP contribution in [0, 0.1) is 5.92 Å². The molecule has 0 fully saturated rings. The minimum atomic E-state index is 0.191. The normalized spacial score (nSPS) is 15.7. The molecule has 1 aliphatic carbocycles. The van der Waals surface area contributed by atoms with E-state index in [-0.39, 0.29) is 11.7 Å². The molecule has 1 heterocycles. The number of Topliss-reactive ketones (excluding diaryl/α,β-unsaturated/α-hetero) is 1. The molecule has 31 heavy (non-hydrogen) atoms. The number of benzene rings is 3. The number of carbonyl (C=O) groups excluding carboxylic acids is 1. The molecule has 0 amide bonds. The van der Waals surface area contributed by atoms with Crippen molar-refractivity contribution in [2.24, 2.45) is 5.92 Å². The van der Waals surface area contributed by atoms with Gasteiger partial charge in [-0.2, -0.15) is 0 Å². The number of carbonyl (C=O) groups is 1. The van der Waals surface area contributed by atoms with Crippen LogP contribution in [0.1, 0.15) is 34.5 Å². The van der Waals surface area contributed by atoms with E-state index in [0.717, 1.165) is 34.9 Å². The van der Waals surface area contributed by atoms with Crippen molar-refractivity contribution < 1.29 is 9.21 Å². The molecular formula is C29H24O2. The quantitative estimate of drug-likeness (QED) is 0.303. The SMILES string of the molecule is O=C(CCC1=CC=C(c2ccccc2)C1Cc1ccco1)c1ccc2ccccc2c1. The highest BCUT2D eigenvalue weighted by Crippen LogP contribution is 2.39. The summed E-state index contributed by atoms with van der Waals surface area (Å²) in [7, 11) is 0. The molecule has 0 aliphatic heterocycles. The van der Waals surface area contributed by atoms with Crippen molar-refractivity contribution in [3.63, 3.8) is 0 Å². The Morgan fingerprint density at radius 2 is 1.61 bits per heavy atom. The first-order chi connectivity index (χ1) is 15.3. The maximum Gasteiger partial charge on any atom is 0.163 e. The van der Waals surface area contributed by atoms with Crippen LogP contribution >= 0.6 is 0 Å². The maximum absolute atomic E-state index is 13.0. The summed E-state index contributed by atoms with van der Waals surface area (Å²) >= 11 is 0. The molecule has 1 unspecified atom stereocenters. The van der Waals surface area contributed by atoms with Gasteiger partial charge in [0.05, 0.1) is 6.26 Å². The number of rotatable bonds is 7. The zero-order valence-electron chi connectivity index (χ0n) is 17.3. The average Bonchev–Trinajstić information content (AvgIpc) is 3.48. The number of ketones is 1. The highest BCUT2D eigenvalue weighted by Gasteiger charge is 2.26. The van der Waals surface area contributed by atoms with E-state index in [1.807, 2.05) is 48.5 Å². The third-order valence-corrected chi connectivity index (χ3v) is 6.10. The van der Waals surface area contributed by atoms with Crippen molar-refractivity contribution in [2.45, 2.75) is 19.3 Å². The van der Waals surface area contributed by atoms with Crippen LogP contribution in [-0.4, -0.2) is 5.78 Å². The largest absolute Gasteiger partial charge is 0.469 e. The first kappa shape index (κ1) is 19.3. The van der Waals surface area contributed by atoms with Gasteiger partial charge in [-0.1, -0.05) is 84.5 Å². The van der Waals surface area contributed by atoms with Gasteiger partial charge in [0.25, 0.3) is 0 Å². The molecule has 2 nitrogen and oxygen atoms in total. The number of furan rings is 1. The Bertz CT molecular complexity index is 1260. The van der Waals surface area contributed by atoms with Crippen molar-refractivity contribution in [1.29, 1.82) is 0 Å². The van der Waals surface area contributed by atoms with Crippen LogP contribution in [0.4, 0.5) is 0 Å². The Balaban J connectivity index is 1.33. The summed E-state index contributed by atoms with van der Waals surface area (Å²) in [6.45, 7) is 0. The van der Waals surface area contributed by atoms with Crippen LogP contribution in [0.15, 0.2) is 113 Å². The van der Waals surface area contributed by atoms with Crippen LogP contribution in [-0.2, 0) is 6.42 Å². The van der Waals surface area contributed by atoms with E-state index in [1.165, 1.54) is 16.7 Å². The Kier molecular flexibility index (Phi) is 5.37. The molecule has 3 aromatic carbocycles. The van der Waals surface area contributed by atoms with E-state index in [4.69, 9.17) is 4.42 Å². The van der Waals surface area contributed by atoms with Gasteiger partial charge >= 0.3 is 0 Å². The second kappa shape index (κ2) is 8.61. The molecule has 0 saturated heterocycles.